The Labute approximate surface area is 96.0 Å². The highest BCUT2D eigenvalue weighted by atomic mass is 16.1. The molecule has 4 nitrogen and oxygen atoms in total. The Morgan fingerprint density at radius 3 is 3.06 bits per heavy atom. The van der Waals surface area contributed by atoms with Crippen LogP contribution in [0.25, 0.3) is 0 Å². The normalized spacial score (nSPS) is 25.6. The van der Waals surface area contributed by atoms with E-state index in [2.05, 4.69) is 10.4 Å². The minimum atomic E-state index is -0.250. The van der Waals surface area contributed by atoms with Gasteiger partial charge in [0.15, 0.2) is 5.78 Å². The molecule has 1 aromatic rings. The van der Waals surface area contributed by atoms with Gasteiger partial charge < -0.3 is 5.32 Å². The first-order valence-electron chi connectivity index (χ1n) is 5.94. The number of carbonyl (C=O) groups is 1. The Bertz CT molecular complexity index is 377. The van der Waals surface area contributed by atoms with Gasteiger partial charge in [0.1, 0.15) is 0 Å². The van der Waals surface area contributed by atoms with E-state index in [-0.39, 0.29) is 11.2 Å². The van der Waals surface area contributed by atoms with Gasteiger partial charge in [-0.15, -0.1) is 0 Å². The number of ketones is 1. The van der Waals surface area contributed by atoms with Crippen LogP contribution in [0.3, 0.4) is 0 Å². The van der Waals surface area contributed by atoms with Gasteiger partial charge in [-0.25, -0.2) is 0 Å². The molecule has 0 spiro atoms. The molecule has 0 aromatic carbocycles. The smallest absolute Gasteiger partial charge is 0.173 e. The highest BCUT2D eigenvalue weighted by Crippen LogP contribution is 2.29. The van der Waals surface area contributed by atoms with Gasteiger partial charge in [0.2, 0.25) is 0 Å². The van der Waals surface area contributed by atoms with E-state index in [1.165, 1.54) is 0 Å². The minimum absolute atomic E-state index is 0.222. The molecule has 1 saturated heterocycles. The van der Waals surface area contributed by atoms with Crippen LogP contribution in [-0.4, -0.2) is 28.7 Å². The number of aromatic nitrogens is 2. The van der Waals surface area contributed by atoms with Gasteiger partial charge in [-0.3, -0.25) is 9.48 Å². The average molecular weight is 221 g/mol. The van der Waals surface area contributed by atoms with Gasteiger partial charge >= 0.3 is 0 Å². The molecule has 0 amide bonds. The van der Waals surface area contributed by atoms with Crippen molar-refractivity contribution in [2.75, 3.05) is 13.1 Å². The highest BCUT2D eigenvalue weighted by Gasteiger charge is 2.35. The van der Waals surface area contributed by atoms with Crippen LogP contribution in [-0.2, 0) is 6.54 Å². The summed E-state index contributed by atoms with van der Waals surface area (Å²) < 4.78 is 1.80. The molecular formula is C12H19N3O. The number of rotatable bonds is 3. The van der Waals surface area contributed by atoms with Crippen LogP contribution in [0.2, 0.25) is 0 Å². The zero-order valence-corrected chi connectivity index (χ0v) is 9.99. The first-order chi connectivity index (χ1) is 7.65. The van der Waals surface area contributed by atoms with Crippen LogP contribution in [0, 0.1) is 5.41 Å². The molecule has 88 valence electrons. The lowest BCUT2D eigenvalue weighted by molar-refractivity contribution is 0.0773. The van der Waals surface area contributed by atoms with Crippen molar-refractivity contribution in [3.63, 3.8) is 0 Å². The molecule has 1 aromatic heterocycles. The SMILES string of the molecule is CCn1cc(C(=O)C2(C)CCCNC2)cn1. The standard InChI is InChI=1S/C12H19N3O/c1-3-15-8-10(7-14-15)11(16)12(2)5-4-6-13-9-12/h7-8,13H,3-6,9H2,1-2H3. The second kappa shape index (κ2) is 4.37. The molecule has 0 bridgehead atoms. The summed E-state index contributed by atoms with van der Waals surface area (Å²) in [6.45, 7) is 6.68. The lowest BCUT2D eigenvalue weighted by atomic mass is 9.77. The first-order valence-corrected chi connectivity index (χ1v) is 5.94. The maximum atomic E-state index is 12.4. The maximum absolute atomic E-state index is 12.4. The summed E-state index contributed by atoms with van der Waals surface area (Å²) in [6, 6.07) is 0. The molecule has 1 aliphatic rings. The number of nitrogens with one attached hydrogen (secondary N) is 1. The second-order valence-electron chi connectivity index (χ2n) is 4.75. The minimum Gasteiger partial charge on any atom is -0.316 e. The molecule has 4 heteroatoms. The monoisotopic (exact) mass is 221 g/mol. The number of hydrogen-bond donors (Lipinski definition) is 1. The van der Waals surface area contributed by atoms with Crippen LogP contribution < -0.4 is 5.32 Å². The van der Waals surface area contributed by atoms with Crippen molar-refractivity contribution in [1.29, 1.82) is 0 Å². The van der Waals surface area contributed by atoms with Crippen LogP contribution in [0.4, 0.5) is 0 Å². The molecule has 1 atom stereocenters. The molecule has 0 saturated carbocycles. The summed E-state index contributed by atoms with van der Waals surface area (Å²) in [7, 11) is 0. The van der Waals surface area contributed by atoms with E-state index in [1.54, 1.807) is 10.9 Å². The summed E-state index contributed by atoms with van der Waals surface area (Å²) in [4.78, 5) is 12.4. The van der Waals surface area contributed by atoms with E-state index in [4.69, 9.17) is 0 Å². The number of Topliss-reactive ketones (excluding diaryl/α,β-unsaturated/α-hetero) is 1. The van der Waals surface area contributed by atoms with E-state index in [0.717, 1.165) is 38.0 Å². The maximum Gasteiger partial charge on any atom is 0.173 e. The van der Waals surface area contributed by atoms with E-state index in [9.17, 15) is 4.79 Å². The Hall–Kier alpha value is -1.16. The highest BCUT2D eigenvalue weighted by molar-refractivity contribution is 6.00. The summed E-state index contributed by atoms with van der Waals surface area (Å²) in [5, 5.41) is 7.46. The quantitative estimate of drug-likeness (QED) is 0.786. The molecule has 1 aliphatic heterocycles. The van der Waals surface area contributed by atoms with Crippen molar-refractivity contribution in [2.45, 2.75) is 33.2 Å². The Kier molecular flexibility index (Phi) is 3.10. The number of nitrogens with zero attached hydrogens (tertiary/aromatic N) is 2. The Morgan fingerprint density at radius 1 is 1.69 bits per heavy atom. The lowest BCUT2D eigenvalue weighted by Crippen LogP contribution is -2.43. The molecule has 2 rings (SSSR count). The van der Waals surface area contributed by atoms with Crippen LogP contribution >= 0.6 is 0 Å². The summed E-state index contributed by atoms with van der Waals surface area (Å²) in [6.07, 6.45) is 5.58. The molecule has 1 unspecified atom stereocenters. The molecule has 0 aliphatic carbocycles. The van der Waals surface area contributed by atoms with Gasteiger partial charge in [0.05, 0.1) is 11.8 Å². The van der Waals surface area contributed by atoms with E-state index < -0.39 is 0 Å². The van der Waals surface area contributed by atoms with E-state index >= 15 is 0 Å². The molecule has 1 N–H and O–H groups in total. The fourth-order valence-electron chi connectivity index (χ4n) is 2.25. The Balaban J connectivity index is 2.17. The molecule has 16 heavy (non-hydrogen) atoms. The number of hydrogen-bond acceptors (Lipinski definition) is 3. The Morgan fingerprint density at radius 2 is 2.50 bits per heavy atom. The average Bonchev–Trinajstić information content (AvgIpc) is 2.77. The summed E-state index contributed by atoms with van der Waals surface area (Å²) in [5.74, 6) is 0.222. The van der Waals surface area contributed by atoms with Crippen LogP contribution in [0.1, 0.15) is 37.0 Å². The third-order valence-corrected chi connectivity index (χ3v) is 3.36. The van der Waals surface area contributed by atoms with Gasteiger partial charge in [-0.2, -0.15) is 5.10 Å². The summed E-state index contributed by atoms with van der Waals surface area (Å²) >= 11 is 0. The predicted octanol–water partition coefficient (Wildman–Crippen LogP) is 1.48. The van der Waals surface area contributed by atoms with Crippen molar-refractivity contribution in [3.8, 4) is 0 Å². The van der Waals surface area contributed by atoms with Crippen molar-refractivity contribution < 1.29 is 4.79 Å². The summed E-state index contributed by atoms with van der Waals surface area (Å²) in [5.41, 5.74) is 0.493. The van der Waals surface area contributed by atoms with Crippen molar-refractivity contribution in [3.05, 3.63) is 18.0 Å². The van der Waals surface area contributed by atoms with Gasteiger partial charge in [0, 0.05) is 24.7 Å². The van der Waals surface area contributed by atoms with Crippen molar-refractivity contribution >= 4 is 5.78 Å². The molecule has 1 fully saturated rings. The largest absolute Gasteiger partial charge is 0.316 e. The lowest BCUT2D eigenvalue weighted by Gasteiger charge is -2.32. The fourth-order valence-corrected chi connectivity index (χ4v) is 2.25. The van der Waals surface area contributed by atoms with Gasteiger partial charge in [-0.1, -0.05) is 6.92 Å². The zero-order valence-electron chi connectivity index (χ0n) is 9.99. The van der Waals surface area contributed by atoms with Crippen molar-refractivity contribution in [2.24, 2.45) is 5.41 Å². The van der Waals surface area contributed by atoms with E-state index in [1.807, 2.05) is 20.0 Å². The van der Waals surface area contributed by atoms with E-state index in [0.29, 0.717) is 0 Å². The first kappa shape index (κ1) is 11.3. The fraction of sp³-hybridized carbons (Fsp3) is 0.667. The van der Waals surface area contributed by atoms with Crippen LogP contribution in [0.5, 0.6) is 0 Å². The molecule has 2 heterocycles. The third-order valence-electron chi connectivity index (χ3n) is 3.36. The van der Waals surface area contributed by atoms with Gasteiger partial charge in [-0.05, 0) is 26.3 Å². The number of piperidine rings is 1. The number of carbonyl (C=O) groups excluding carboxylic acids is 1. The molecule has 0 radical (unpaired) electrons. The topological polar surface area (TPSA) is 46.9 Å². The van der Waals surface area contributed by atoms with Crippen LogP contribution in [0.15, 0.2) is 12.4 Å². The predicted molar refractivity (Wildman–Crippen MR) is 62.4 cm³/mol. The van der Waals surface area contributed by atoms with Crippen molar-refractivity contribution in [1.82, 2.24) is 15.1 Å². The molecular weight excluding hydrogens is 202 g/mol. The third kappa shape index (κ3) is 2.02. The van der Waals surface area contributed by atoms with Gasteiger partial charge in [0.25, 0.3) is 0 Å². The second-order valence-corrected chi connectivity index (χ2v) is 4.75. The zero-order chi connectivity index (χ0) is 11.6. The number of aryl methyl sites for hydroxylation is 1.